The highest BCUT2D eigenvalue weighted by molar-refractivity contribution is 5.78. The maximum atomic E-state index is 13.4. The second-order valence-electron chi connectivity index (χ2n) is 5.03. The van der Waals surface area contributed by atoms with Gasteiger partial charge in [0, 0.05) is 5.56 Å². The van der Waals surface area contributed by atoms with Gasteiger partial charge in [-0.1, -0.05) is 18.2 Å². The van der Waals surface area contributed by atoms with Gasteiger partial charge in [-0.05, 0) is 26.8 Å². The normalized spacial score (nSPS) is 23.3. The third-order valence-electron chi connectivity index (χ3n) is 2.34. The summed E-state index contributed by atoms with van der Waals surface area (Å²) in [5.74, 6) is -0.797. The number of benzene rings is 1. The summed E-state index contributed by atoms with van der Waals surface area (Å²) in [6.07, 6.45) is -1.18. The first kappa shape index (κ1) is 12.0. The Bertz CT molecular complexity index is 437. The molecule has 1 aromatic carbocycles. The van der Waals surface area contributed by atoms with Crippen LogP contribution in [0.15, 0.2) is 24.3 Å². The van der Waals surface area contributed by atoms with Gasteiger partial charge in [0.1, 0.15) is 17.5 Å². The van der Waals surface area contributed by atoms with Crippen LogP contribution in [0.4, 0.5) is 4.39 Å². The summed E-state index contributed by atoms with van der Waals surface area (Å²) < 4.78 is 23.8. The number of hydrogen-bond donors (Lipinski definition) is 0. The van der Waals surface area contributed by atoms with Crippen LogP contribution in [0.25, 0.3) is 0 Å². The smallest absolute Gasteiger partial charge is 0.338 e. The average Bonchev–Trinajstić information content (AvgIpc) is 2.95. The average molecular weight is 238 g/mol. The van der Waals surface area contributed by atoms with E-state index in [0.29, 0.717) is 5.56 Å². The highest BCUT2D eigenvalue weighted by Crippen LogP contribution is 2.41. The van der Waals surface area contributed by atoms with Crippen LogP contribution < -0.4 is 0 Å². The van der Waals surface area contributed by atoms with Gasteiger partial charge in [0.25, 0.3) is 0 Å². The van der Waals surface area contributed by atoms with E-state index in [2.05, 4.69) is 0 Å². The lowest BCUT2D eigenvalue weighted by atomic mass is 10.1. The van der Waals surface area contributed by atoms with E-state index in [1.165, 1.54) is 6.07 Å². The van der Waals surface area contributed by atoms with Gasteiger partial charge in [-0.2, -0.15) is 0 Å². The van der Waals surface area contributed by atoms with Crippen LogP contribution in [-0.4, -0.2) is 17.7 Å². The fraction of sp³-hybridized carbons (Fsp3) is 0.462. The van der Waals surface area contributed by atoms with E-state index in [9.17, 15) is 9.18 Å². The molecule has 1 aromatic rings. The zero-order valence-electron chi connectivity index (χ0n) is 10.1. The minimum atomic E-state index is -0.675. The van der Waals surface area contributed by atoms with E-state index >= 15 is 0 Å². The lowest BCUT2D eigenvalue weighted by molar-refractivity contribution is -0.156. The molecule has 1 aliphatic rings. The zero-order valence-corrected chi connectivity index (χ0v) is 10.1. The molecule has 1 aliphatic heterocycles. The molecule has 4 heteroatoms. The van der Waals surface area contributed by atoms with Gasteiger partial charge < -0.3 is 9.47 Å². The van der Waals surface area contributed by atoms with Crippen molar-refractivity contribution in [3.8, 4) is 0 Å². The first-order chi connectivity index (χ1) is 7.88. The van der Waals surface area contributed by atoms with Gasteiger partial charge in [0.05, 0.1) is 0 Å². The number of esters is 1. The molecule has 0 unspecified atom stereocenters. The van der Waals surface area contributed by atoms with Crippen LogP contribution in [0.3, 0.4) is 0 Å². The van der Waals surface area contributed by atoms with Crippen LogP contribution >= 0.6 is 0 Å². The fourth-order valence-electron chi connectivity index (χ4n) is 1.59. The Morgan fingerprint density at radius 1 is 1.35 bits per heavy atom. The summed E-state index contributed by atoms with van der Waals surface area (Å²) in [7, 11) is 0. The molecular formula is C13H15FO3. The molecule has 1 saturated heterocycles. The molecule has 0 bridgehead atoms. The standard InChI is InChI=1S/C13H15FO3/c1-13(2,3)17-12(15)11-10(16-11)8-6-4-5-7-9(8)14/h4-7,10-11H,1-3H3/t10-,11+/m1/s1. The lowest BCUT2D eigenvalue weighted by Crippen LogP contribution is -2.26. The maximum absolute atomic E-state index is 13.4. The van der Waals surface area contributed by atoms with Crippen LogP contribution in [0.5, 0.6) is 0 Å². The predicted octanol–water partition coefficient (Wildman–Crippen LogP) is 2.61. The highest BCUT2D eigenvalue weighted by atomic mass is 19.1. The Hall–Kier alpha value is -1.42. The van der Waals surface area contributed by atoms with Crippen molar-refractivity contribution in [2.24, 2.45) is 0 Å². The van der Waals surface area contributed by atoms with Crippen molar-refractivity contribution in [1.29, 1.82) is 0 Å². The Balaban J connectivity index is 2.02. The van der Waals surface area contributed by atoms with Gasteiger partial charge >= 0.3 is 5.97 Å². The van der Waals surface area contributed by atoms with Gasteiger partial charge in [-0.25, -0.2) is 9.18 Å². The molecule has 2 atom stereocenters. The largest absolute Gasteiger partial charge is 0.458 e. The molecule has 2 rings (SSSR count). The van der Waals surface area contributed by atoms with Crippen molar-refractivity contribution in [2.75, 3.05) is 0 Å². The molecule has 92 valence electrons. The summed E-state index contributed by atoms with van der Waals surface area (Å²) in [5.41, 5.74) is -0.147. The van der Waals surface area contributed by atoms with E-state index in [1.54, 1.807) is 39.0 Å². The molecule has 0 saturated carbocycles. The number of carbonyl (C=O) groups excluding carboxylic acids is 1. The molecule has 0 radical (unpaired) electrons. The molecule has 0 aromatic heterocycles. The van der Waals surface area contributed by atoms with Crippen molar-refractivity contribution in [3.05, 3.63) is 35.6 Å². The quantitative estimate of drug-likeness (QED) is 0.587. The Kier molecular flexibility index (Phi) is 2.91. The molecule has 0 amide bonds. The predicted molar refractivity (Wildman–Crippen MR) is 59.9 cm³/mol. The van der Waals surface area contributed by atoms with Gasteiger partial charge in [-0.15, -0.1) is 0 Å². The van der Waals surface area contributed by atoms with Crippen LogP contribution in [0, 0.1) is 5.82 Å². The van der Waals surface area contributed by atoms with Crippen LogP contribution in [0.2, 0.25) is 0 Å². The van der Waals surface area contributed by atoms with Gasteiger partial charge in [0.2, 0.25) is 0 Å². The molecule has 17 heavy (non-hydrogen) atoms. The summed E-state index contributed by atoms with van der Waals surface area (Å²) in [6.45, 7) is 5.35. The third-order valence-corrected chi connectivity index (χ3v) is 2.34. The van der Waals surface area contributed by atoms with E-state index in [0.717, 1.165) is 0 Å². The molecule has 0 N–H and O–H groups in total. The molecule has 0 aliphatic carbocycles. The zero-order chi connectivity index (χ0) is 12.6. The summed E-state index contributed by atoms with van der Waals surface area (Å²) in [5, 5.41) is 0. The number of epoxide rings is 1. The number of carbonyl (C=O) groups is 1. The molecule has 1 fully saturated rings. The topological polar surface area (TPSA) is 38.8 Å². The Morgan fingerprint density at radius 2 is 2.00 bits per heavy atom. The fourth-order valence-corrected chi connectivity index (χ4v) is 1.59. The minimum absolute atomic E-state index is 0.358. The van der Waals surface area contributed by atoms with E-state index < -0.39 is 23.8 Å². The number of ether oxygens (including phenoxy) is 2. The lowest BCUT2D eigenvalue weighted by Gasteiger charge is -2.18. The Morgan fingerprint density at radius 3 is 2.59 bits per heavy atom. The summed E-state index contributed by atoms with van der Waals surface area (Å²) >= 11 is 0. The van der Waals surface area contributed by atoms with E-state index in [-0.39, 0.29) is 5.82 Å². The van der Waals surface area contributed by atoms with Crippen molar-refractivity contribution in [3.63, 3.8) is 0 Å². The monoisotopic (exact) mass is 238 g/mol. The number of hydrogen-bond acceptors (Lipinski definition) is 3. The molecule has 3 nitrogen and oxygen atoms in total. The van der Waals surface area contributed by atoms with Crippen LogP contribution in [0.1, 0.15) is 32.4 Å². The molecule has 0 spiro atoms. The number of rotatable bonds is 2. The molecular weight excluding hydrogens is 223 g/mol. The van der Waals surface area contributed by atoms with Crippen molar-refractivity contribution in [1.82, 2.24) is 0 Å². The first-order valence-electron chi connectivity index (χ1n) is 5.51. The van der Waals surface area contributed by atoms with Gasteiger partial charge in [0.15, 0.2) is 6.10 Å². The number of halogens is 1. The third kappa shape index (κ3) is 2.82. The minimum Gasteiger partial charge on any atom is -0.458 e. The molecule has 1 heterocycles. The van der Waals surface area contributed by atoms with Crippen molar-refractivity contribution < 1.29 is 18.7 Å². The SMILES string of the molecule is CC(C)(C)OC(=O)[C@H]1O[C@@H]1c1ccccc1F. The summed E-state index contributed by atoms with van der Waals surface area (Å²) in [4.78, 5) is 11.6. The second kappa shape index (κ2) is 4.11. The second-order valence-corrected chi connectivity index (χ2v) is 5.03. The maximum Gasteiger partial charge on any atom is 0.338 e. The highest BCUT2D eigenvalue weighted by Gasteiger charge is 2.49. The van der Waals surface area contributed by atoms with Gasteiger partial charge in [-0.3, -0.25) is 0 Å². The first-order valence-corrected chi connectivity index (χ1v) is 5.51. The Labute approximate surface area is 99.5 Å². The van der Waals surface area contributed by atoms with E-state index in [4.69, 9.17) is 9.47 Å². The van der Waals surface area contributed by atoms with Crippen LogP contribution in [-0.2, 0) is 14.3 Å². The van der Waals surface area contributed by atoms with Crippen molar-refractivity contribution >= 4 is 5.97 Å². The summed E-state index contributed by atoms with van der Waals surface area (Å²) in [6, 6.07) is 6.28. The van der Waals surface area contributed by atoms with E-state index in [1.807, 2.05) is 0 Å². The van der Waals surface area contributed by atoms with Crippen molar-refractivity contribution in [2.45, 2.75) is 38.6 Å².